The second-order valence-electron chi connectivity index (χ2n) is 6.35. The highest BCUT2D eigenvalue weighted by Gasteiger charge is 2.34. The lowest BCUT2D eigenvalue weighted by atomic mass is 10.00. The van der Waals surface area contributed by atoms with Crippen LogP contribution in [0.1, 0.15) is 22.4 Å². The Bertz CT molecular complexity index is 835. The predicted molar refractivity (Wildman–Crippen MR) is 90.5 cm³/mol. The lowest BCUT2D eigenvalue weighted by molar-refractivity contribution is -0.143. The van der Waals surface area contributed by atoms with E-state index in [1.54, 1.807) is 29.2 Å². The second-order valence-corrected chi connectivity index (χ2v) is 6.35. The molecule has 0 bridgehead atoms. The number of carbonyl (C=O) groups is 1. The molecule has 4 nitrogen and oxygen atoms in total. The second kappa shape index (κ2) is 7.64. The minimum absolute atomic E-state index is 0.0150. The lowest BCUT2D eigenvalue weighted by Crippen LogP contribution is -2.40. The quantitative estimate of drug-likeness (QED) is 0.754. The minimum atomic E-state index is -4.61. The van der Waals surface area contributed by atoms with Crippen LogP contribution in [0.25, 0.3) is 11.3 Å². The zero-order valence-corrected chi connectivity index (χ0v) is 14.6. The fourth-order valence-corrected chi connectivity index (χ4v) is 2.96. The third-order valence-electron chi connectivity index (χ3n) is 4.46. The molecule has 1 aromatic heterocycles. The van der Waals surface area contributed by atoms with Crippen molar-refractivity contribution in [2.75, 3.05) is 19.8 Å². The molecule has 1 amide bonds. The van der Waals surface area contributed by atoms with Gasteiger partial charge in [-0.05, 0) is 24.1 Å². The molecule has 8 heteroatoms. The molecule has 1 aliphatic heterocycles. The Morgan fingerprint density at radius 3 is 2.52 bits per heavy atom. The number of hydrogen-bond acceptors (Lipinski definition) is 3. The third kappa shape index (κ3) is 4.27. The van der Waals surface area contributed by atoms with Crippen LogP contribution in [0.4, 0.5) is 17.6 Å². The van der Waals surface area contributed by atoms with E-state index < -0.39 is 18.5 Å². The zero-order chi connectivity index (χ0) is 19.6. The summed E-state index contributed by atoms with van der Waals surface area (Å²) >= 11 is 0. The van der Waals surface area contributed by atoms with Gasteiger partial charge in [0.05, 0.1) is 12.3 Å². The Morgan fingerprint density at radius 2 is 1.93 bits per heavy atom. The van der Waals surface area contributed by atoms with Crippen LogP contribution >= 0.6 is 0 Å². The first-order valence-electron chi connectivity index (χ1n) is 8.38. The molecule has 1 aliphatic rings. The summed E-state index contributed by atoms with van der Waals surface area (Å²) in [6.45, 7) is 1.92. The van der Waals surface area contributed by atoms with Gasteiger partial charge in [-0.15, -0.1) is 0 Å². The average molecular weight is 382 g/mol. The maximum Gasteiger partial charge on any atom is 0.433 e. The van der Waals surface area contributed by atoms with Crippen molar-refractivity contribution in [1.82, 2.24) is 9.88 Å². The summed E-state index contributed by atoms with van der Waals surface area (Å²) in [4.78, 5) is 17.1. The fraction of sp³-hybridized carbons (Fsp3) is 0.368. The van der Waals surface area contributed by atoms with Crippen LogP contribution in [0.5, 0.6) is 0 Å². The number of nitrogens with zero attached hydrogens (tertiary/aromatic N) is 2. The van der Waals surface area contributed by atoms with Crippen molar-refractivity contribution in [1.29, 1.82) is 0 Å². The van der Waals surface area contributed by atoms with Crippen LogP contribution in [-0.2, 0) is 28.9 Å². The van der Waals surface area contributed by atoms with Gasteiger partial charge >= 0.3 is 6.18 Å². The van der Waals surface area contributed by atoms with E-state index in [4.69, 9.17) is 4.74 Å². The van der Waals surface area contributed by atoms with Crippen molar-refractivity contribution in [2.24, 2.45) is 0 Å². The third-order valence-corrected chi connectivity index (χ3v) is 4.46. The number of hydrogen-bond donors (Lipinski definition) is 0. The first-order valence-corrected chi connectivity index (χ1v) is 8.38. The maximum atomic E-state index is 13.4. The van der Waals surface area contributed by atoms with Gasteiger partial charge in [-0.3, -0.25) is 4.79 Å². The molecular weight excluding hydrogens is 364 g/mol. The Labute approximate surface area is 153 Å². The summed E-state index contributed by atoms with van der Waals surface area (Å²) in [6, 6.07) is 7.47. The number of benzene rings is 1. The number of morpholine rings is 1. The highest BCUT2D eigenvalue weighted by molar-refractivity contribution is 5.78. The first-order chi connectivity index (χ1) is 12.8. The largest absolute Gasteiger partial charge is 0.433 e. The van der Waals surface area contributed by atoms with Crippen molar-refractivity contribution in [2.45, 2.75) is 26.3 Å². The molecule has 0 N–H and O–H groups in total. The number of rotatable bonds is 4. The minimum Gasteiger partial charge on any atom is -0.370 e. The van der Waals surface area contributed by atoms with Gasteiger partial charge in [0, 0.05) is 24.2 Å². The lowest BCUT2D eigenvalue weighted by Gasteiger charge is -2.26. The summed E-state index contributed by atoms with van der Waals surface area (Å²) in [5.41, 5.74) is 0.499. The van der Waals surface area contributed by atoms with Gasteiger partial charge in [0.2, 0.25) is 5.91 Å². The SMILES string of the molecule is Cc1cc(C(F)(F)F)nc(-c2ccc(CN3CCOCC3=O)cc2)c1CF. The van der Waals surface area contributed by atoms with Crippen molar-refractivity contribution in [3.63, 3.8) is 0 Å². The van der Waals surface area contributed by atoms with Crippen LogP contribution in [0.2, 0.25) is 0 Å². The molecule has 27 heavy (non-hydrogen) atoms. The molecule has 2 aromatic rings. The first kappa shape index (κ1) is 19.3. The standard InChI is InChI=1S/C19H18F4N2O2/c1-12-8-16(19(21,22)23)24-18(15(12)9-20)14-4-2-13(3-5-14)10-25-6-7-27-11-17(25)26/h2-5,8H,6-7,9-11H2,1H3. The number of amides is 1. The average Bonchev–Trinajstić information content (AvgIpc) is 2.63. The molecule has 2 heterocycles. The van der Waals surface area contributed by atoms with E-state index in [-0.39, 0.29) is 29.3 Å². The normalized spacial score (nSPS) is 15.3. The smallest absolute Gasteiger partial charge is 0.370 e. The van der Waals surface area contributed by atoms with Crippen LogP contribution in [0.3, 0.4) is 0 Å². The van der Waals surface area contributed by atoms with E-state index in [1.807, 2.05) is 0 Å². The Hall–Kier alpha value is -2.48. The zero-order valence-electron chi connectivity index (χ0n) is 14.6. The maximum absolute atomic E-state index is 13.4. The monoisotopic (exact) mass is 382 g/mol. The molecule has 0 atom stereocenters. The summed E-state index contributed by atoms with van der Waals surface area (Å²) in [6.07, 6.45) is -4.61. The van der Waals surface area contributed by atoms with E-state index >= 15 is 0 Å². The summed E-state index contributed by atoms with van der Waals surface area (Å²) in [5.74, 6) is -0.111. The van der Waals surface area contributed by atoms with Gasteiger partial charge in [-0.2, -0.15) is 13.2 Å². The van der Waals surface area contributed by atoms with Crippen LogP contribution in [0, 0.1) is 6.92 Å². The fourth-order valence-electron chi connectivity index (χ4n) is 2.96. The van der Waals surface area contributed by atoms with Gasteiger partial charge < -0.3 is 9.64 Å². The van der Waals surface area contributed by atoms with Crippen molar-refractivity contribution < 1.29 is 27.1 Å². The molecule has 3 rings (SSSR count). The molecule has 1 fully saturated rings. The molecule has 1 aromatic carbocycles. The van der Waals surface area contributed by atoms with Crippen molar-refractivity contribution in [3.8, 4) is 11.3 Å². The summed E-state index contributed by atoms with van der Waals surface area (Å²) < 4.78 is 57.7. The van der Waals surface area contributed by atoms with Gasteiger partial charge in [0.1, 0.15) is 19.0 Å². The van der Waals surface area contributed by atoms with Gasteiger partial charge in [0.15, 0.2) is 0 Å². The van der Waals surface area contributed by atoms with E-state index in [0.717, 1.165) is 11.6 Å². The Kier molecular flexibility index (Phi) is 5.46. The number of ether oxygens (including phenoxy) is 1. The van der Waals surface area contributed by atoms with Crippen molar-refractivity contribution in [3.05, 3.63) is 52.7 Å². The van der Waals surface area contributed by atoms with Gasteiger partial charge in [-0.1, -0.05) is 24.3 Å². The Morgan fingerprint density at radius 1 is 1.22 bits per heavy atom. The van der Waals surface area contributed by atoms with Crippen LogP contribution in [0.15, 0.2) is 30.3 Å². The van der Waals surface area contributed by atoms with Gasteiger partial charge in [0.25, 0.3) is 0 Å². The highest BCUT2D eigenvalue weighted by atomic mass is 19.4. The van der Waals surface area contributed by atoms with Crippen LogP contribution < -0.4 is 0 Å². The molecule has 0 spiro atoms. The number of aromatic nitrogens is 1. The molecule has 1 saturated heterocycles. The molecular formula is C19H18F4N2O2. The number of carbonyl (C=O) groups excluding carboxylic acids is 1. The number of aryl methyl sites for hydroxylation is 1. The topological polar surface area (TPSA) is 42.4 Å². The number of alkyl halides is 4. The predicted octanol–water partition coefficient (Wildman–Crippen LogP) is 3.90. The highest BCUT2D eigenvalue weighted by Crippen LogP contribution is 2.33. The molecule has 0 radical (unpaired) electrons. The van der Waals surface area contributed by atoms with E-state index in [9.17, 15) is 22.4 Å². The van der Waals surface area contributed by atoms with Gasteiger partial charge in [-0.25, -0.2) is 9.37 Å². The summed E-state index contributed by atoms with van der Waals surface area (Å²) in [5, 5.41) is 0. The molecule has 0 aliphatic carbocycles. The summed E-state index contributed by atoms with van der Waals surface area (Å²) in [7, 11) is 0. The van der Waals surface area contributed by atoms with Crippen LogP contribution in [-0.4, -0.2) is 35.5 Å². The molecule has 0 saturated carbocycles. The molecule has 144 valence electrons. The van der Waals surface area contributed by atoms with E-state index in [1.165, 1.54) is 6.92 Å². The Balaban J connectivity index is 1.90. The van der Waals surface area contributed by atoms with Crippen molar-refractivity contribution >= 4 is 5.91 Å². The van der Waals surface area contributed by atoms with E-state index in [2.05, 4.69) is 4.98 Å². The van der Waals surface area contributed by atoms with E-state index in [0.29, 0.717) is 25.3 Å². The number of pyridine rings is 1. The number of halogens is 4. The molecule has 0 unspecified atom stereocenters.